The number of hydrogen-bond acceptors (Lipinski definition) is 2. The maximum absolute atomic E-state index is 6.50. The van der Waals surface area contributed by atoms with Crippen LogP contribution in [-0.4, -0.2) is 30.1 Å². The molecule has 0 radical (unpaired) electrons. The smallest absolute Gasteiger partial charge is 0.120 e. The maximum atomic E-state index is 6.50. The summed E-state index contributed by atoms with van der Waals surface area (Å²) in [6.45, 7) is 11.8. The Labute approximate surface area is 166 Å². The van der Waals surface area contributed by atoms with Crippen LogP contribution in [0.15, 0.2) is 30.4 Å². The monoisotopic (exact) mass is 367 g/mol. The van der Waals surface area contributed by atoms with E-state index in [0.717, 1.165) is 30.6 Å². The van der Waals surface area contributed by atoms with Gasteiger partial charge in [-0.25, -0.2) is 0 Å². The Morgan fingerprint density at radius 2 is 2.11 bits per heavy atom. The summed E-state index contributed by atoms with van der Waals surface area (Å²) in [6.07, 6.45) is 10.2. The lowest BCUT2D eigenvalue weighted by molar-refractivity contribution is 0.00242. The highest BCUT2D eigenvalue weighted by molar-refractivity contribution is 5.45. The quantitative estimate of drug-likeness (QED) is 0.602. The number of hydrogen-bond donors (Lipinski definition) is 0. The highest BCUT2D eigenvalue weighted by atomic mass is 16.5. The molecular formula is C25H37NO. The van der Waals surface area contributed by atoms with Gasteiger partial charge < -0.3 is 9.64 Å². The summed E-state index contributed by atoms with van der Waals surface area (Å²) in [5.41, 5.74) is 4.70. The van der Waals surface area contributed by atoms with Crippen LogP contribution in [0.5, 0.6) is 5.75 Å². The van der Waals surface area contributed by atoms with Crippen molar-refractivity contribution >= 4 is 0 Å². The average Bonchev–Trinajstić information content (AvgIpc) is 2.63. The van der Waals surface area contributed by atoms with E-state index in [-0.39, 0.29) is 5.60 Å². The molecule has 2 fully saturated rings. The molecule has 4 rings (SSSR count). The van der Waals surface area contributed by atoms with E-state index >= 15 is 0 Å². The number of piperidine rings is 1. The van der Waals surface area contributed by atoms with Gasteiger partial charge in [-0.2, -0.15) is 0 Å². The lowest BCUT2D eigenvalue weighted by atomic mass is 9.52. The second-order valence-electron chi connectivity index (χ2n) is 10.1. The molecule has 2 aliphatic carbocycles. The SMILES string of the molecule is C=C(C)CCC(C)(C)Oc1ccc2c(c1)C13CCCCC1C(C2)N(C)CC3. The molecule has 27 heavy (non-hydrogen) atoms. The zero-order valence-corrected chi connectivity index (χ0v) is 17.8. The largest absolute Gasteiger partial charge is 0.488 e. The summed E-state index contributed by atoms with van der Waals surface area (Å²) in [7, 11) is 2.34. The minimum atomic E-state index is -0.152. The topological polar surface area (TPSA) is 12.5 Å². The number of likely N-dealkylation sites (tertiary alicyclic amines) is 1. The predicted molar refractivity (Wildman–Crippen MR) is 114 cm³/mol. The molecule has 0 spiro atoms. The Balaban J connectivity index is 1.64. The Kier molecular flexibility index (Phi) is 4.91. The molecule has 1 saturated carbocycles. The number of fused-ring (bicyclic) bond motifs is 1. The van der Waals surface area contributed by atoms with E-state index in [9.17, 15) is 0 Å². The van der Waals surface area contributed by atoms with Gasteiger partial charge in [-0.1, -0.05) is 24.5 Å². The van der Waals surface area contributed by atoms with Gasteiger partial charge in [-0.15, -0.1) is 6.58 Å². The summed E-state index contributed by atoms with van der Waals surface area (Å²) < 4.78 is 6.50. The van der Waals surface area contributed by atoms with Crippen LogP contribution >= 0.6 is 0 Å². The maximum Gasteiger partial charge on any atom is 0.120 e. The third-order valence-corrected chi connectivity index (χ3v) is 7.63. The third kappa shape index (κ3) is 3.46. The summed E-state index contributed by atoms with van der Waals surface area (Å²) >= 11 is 0. The fourth-order valence-electron chi connectivity index (χ4n) is 6.12. The molecule has 1 saturated heterocycles. The summed E-state index contributed by atoms with van der Waals surface area (Å²) in [5.74, 6) is 1.90. The van der Waals surface area contributed by atoms with E-state index in [1.54, 1.807) is 11.1 Å². The number of ether oxygens (including phenoxy) is 1. The molecule has 2 heteroatoms. The van der Waals surface area contributed by atoms with Crippen LogP contribution in [0, 0.1) is 5.92 Å². The van der Waals surface area contributed by atoms with Crippen molar-refractivity contribution in [3.8, 4) is 5.75 Å². The zero-order chi connectivity index (χ0) is 19.2. The van der Waals surface area contributed by atoms with Crippen molar-refractivity contribution in [3.05, 3.63) is 41.5 Å². The van der Waals surface area contributed by atoms with Gasteiger partial charge in [0.25, 0.3) is 0 Å². The molecule has 148 valence electrons. The van der Waals surface area contributed by atoms with Crippen LogP contribution in [0.4, 0.5) is 0 Å². The second-order valence-corrected chi connectivity index (χ2v) is 10.1. The molecule has 1 heterocycles. The van der Waals surface area contributed by atoms with Crippen molar-refractivity contribution in [2.24, 2.45) is 5.92 Å². The van der Waals surface area contributed by atoms with E-state index < -0.39 is 0 Å². The first-order valence-electron chi connectivity index (χ1n) is 11.0. The van der Waals surface area contributed by atoms with Crippen LogP contribution in [0.25, 0.3) is 0 Å². The van der Waals surface area contributed by atoms with Crippen LogP contribution < -0.4 is 4.74 Å². The standard InChI is InChI=1S/C25H37NO/c1-18(2)11-13-24(3,4)27-20-10-9-19-16-23-21-8-6-7-12-25(21,22(19)17-20)14-15-26(23)5/h9-10,17,21,23H,1,6-8,11-16H2,2-5H3. The number of benzene rings is 1. The van der Waals surface area contributed by atoms with Crippen LogP contribution in [0.1, 0.15) is 76.8 Å². The summed E-state index contributed by atoms with van der Waals surface area (Å²) in [5, 5.41) is 0. The molecule has 0 amide bonds. The van der Waals surface area contributed by atoms with E-state index in [4.69, 9.17) is 4.74 Å². The number of nitrogens with zero attached hydrogens (tertiary/aromatic N) is 1. The molecule has 3 unspecified atom stereocenters. The minimum absolute atomic E-state index is 0.152. The van der Waals surface area contributed by atoms with Gasteiger partial charge in [-0.05, 0) is 102 Å². The lowest BCUT2D eigenvalue weighted by Crippen LogP contribution is -2.59. The van der Waals surface area contributed by atoms with Gasteiger partial charge in [0, 0.05) is 11.5 Å². The lowest BCUT2D eigenvalue weighted by Gasteiger charge is -2.58. The molecule has 0 N–H and O–H groups in total. The summed E-state index contributed by atoms with van der Waals surface area (Å²) in [4.78, 5) is 2.64. The Hall–Kier alpha value is -1.28. The van der Waals surface area contributed by atoms with Gasteiger partial charge in [0.2, 0.25) is 0 Å². The minimum Gasteiger partial charge on any atom is -0.488 e. The second kappa shape index (κ2) is 6.95. The van der Waals surface area contributed by atoms with Crippen LogP contribution in [-0.2, 0) is 11.8 Å². The Morgan fingerprint density at radius 1 is 1.30 bits per heavy atom. The molecule has 2 bridgehead atoms. The van der Waals surface area contributed by atoms with Crippen molar-refractivity contribution < 1.29 is 4.74 Å². The predicted octanol–water partition coefficient (Wildman–Crippen LogP) is 5.89. The van der Waals surface area contributed by atoms with Crippen molar-refractivity contribution in [3.63, 3.8) is 0 Å². The van der Waals surface area contributed by atoms with Crippen molar-refractivity contribution in [2.45, 2.75) is 89.2 Å². The van der Waals surface area contributed by atoms with Gasteiger partial charge in [0.05, 0.1) is 0 Å². The first kappa shape index (κ1) is 19.1. The van der Waals surface area contributed by atoms with Crippen molar-refractivity contribution in [1.82, 2.24) is 4.90 Å². The number of rotatable bonds is 5. The zero-order valence-electron chi connectivity index (χ0n) is 17.8. The highest BCUT2D eigenvalue weighted by Gasteiger charge is 2.53. The molecule has 3 atom stereocenters. The van der Waals surface area contributed by atoms with Gasteiger partial charge in [0.1, 0.15) is 11.4 Å². The molecule has 3 aliphatic rings. The third-order valence-electron chi connectivity index (χ3n) is 7.63. The van der Waals surface area contributed by atoms with Crippen LogP contribution in [0.3, 0.4) is 0 Å². The van der Waals surface area contributed by atoms with E-state index in [1.165, 1.54) is 50.6 Å². The molecular weight excluding hydrogens is 330 g/mol. The Morgan fingerprint density at radius 3 is 2.89 bits per heavy atom. The fourth-order valence-corrected chi connectivity index (χ4v) is 6.12. The molecule has 1 aromatic carbocycles. The first-order chi connectivity index (χ1) is 12.8. The molecule has 2 nitrogen and oxygen atoms in total. The van der Waals surface area contributed by atoms with Crippen molar-refractivity contribution in [1.29, 1.82) is 0 Å². The average molecular weight is 368 g/mol. The number of likely N-dealkylation sites (N-methyl/N-ethyl adjacent to an activating group) is 1. The van der Waals surface area contributed by atoms with Crippen molar-refractivity contribution in [2.75, 3.05) is 13.6 Å². The van der Waals surface area contributed by atoms with E-state index in [0.29, 0.717) is 5.41 Å². The molecule has 0 aromatic heterocycles. The number of allylic oxidation sites excluding steroid dienone is 1. The van der Waals surface area contributed by atoms with Gasteiger partial charge in [0.15, 0.2) is 0 Å². The summed E-state index contributed by atoms with van der Waals surface area (Å²) in [6, 6.07) is 7.76. The normalized spacial score (nSPS) is 30.4. The van der Waals surface area contributed by atoms with Gasteiger partial charge >= 0.3 is 0 Å². The van der Waals surface area contributed by atoms with Crippen LogP contribution in [0.2, 0.25) is 0 Å². The fraction of sp³-hybridized carbons (Fsp3) is 0.680. The van der Waals surface area contributed by atoms with Gasteiger partial charge in [-0.3, -0.25) is 0 Å². The molecule has 1 aromatic rings. The Bertz CT molecular complexity index is 721. The van der Waals surface area contributed by atoms with E-state index in [2.05, 4.69) is 57.5 Å². The first-order valence-corrected chi connectivity index (χ1v) is 11.0. The van der Waals surface area contributed by atoms with E-state index in [1.807, 2.05) is 0 Å². The highest BCUT2D eigenvalue weighted by Crippen LogP contribution is 2.56. The molecule has 1 aliphatic heterocycles.